The van der Waals surface area contributed by atoms with Gasteiger partial charge in [-0.05, 0) is 49.2 Å². The van der Waals surface area contributed by atoms with Gasteiger partial charge in [0.25, 0.3) is 5.79 Å². The number of benzene rings is 2. The van der Waals surface area contributed by atoms with Crippen LogP contribution in [0.4, 0.5) is 5.69 Å². The van der Waals surface area contributed by atoms with E-state index in [2.05, 4.69) is 10.3 Å². The minimum atomic E-state index is -1.27. The van der Waals surface area contributed by atoms with Crippen molar-refractivity contribution in [3.63, 3.8) is 0 Å². The van der Waals surface area contributed by atoms with E-state index < -0.39 is 17.7 Å². The third-order valence-corrected chi connectivity index (χ3v) is 4.60. The Morgan fingerprint density at radius 2 is 1.76 bits per heavy atom. The van der Waals surface area contributed by atoms with Gasteiger partial charge in [0.15, 0.2) is 11.2 Å². The Hall–Kier alpha value is -3.61. The average Bonchev–Trinajstić information content (AvgIpc) is 3.04. The predicted molar refractivity (Wildman–Crippen MR) is 107 cm³/mol. The topological polar surface area (TPSA) is 90.7 Å². The van der Waals surface area contributed by atoms with Crippen molar-refractivity contribution in [2.45, 2.75) is 33.5 Å². The Morgan fingerprint density at radius 3 is 2.48 bits per heavy atom. The molecule has 3 aromatic rings. The summed E-state index contributed by atoms with van der Waals surface area (Å²) in [5, 5.41) is 2.99. The molecule has 1 saturated heterocycles. The molecule has 1 aliphatic heterocycles. The van der Waals surface area contributed by atoms with Crippen LogP contribution in [0.1, 0.15) is 25.0 Å². The molecule has 0 saturated carbocycles. The highest BCUT2D eigenvalue weighted by Crippen LogP contribution is 2.31. The van der Waals surface area contributed by atoms with Crippen molar-refractivity contribution < 1.29 is 23.5 Å². The molecule has 2 heterocycles. The zero-order valence-electron chi connectivity index (χ0n) is 16.5. The molecule has 0 amide bonds. The van der Waals surface area contributed by atoms with Gasteiger partial charge in [0, 0.05) is 31.3 Å². The first-order valence-corrected chi connectivity index (χ1v) is 9.14. The second kappa shape index (κ2) is 6.77. The lowest BCUT2D eigenvalue weighted by Crippen LogP contribution is -2.42. The Balaban J connectivity index is 1.65. The number of carbonyl (C=O) groups is 2. The number of fused-ring (bicyclic) bond motifs is 1. The maximum Gasteiger partial charge on any atom is 0.350 e. The highest BCUT2D eigenvalue weighted by Gasteiger charge is 2.39. The molecule has 7 heteroatoms. The monoisotopic (exact) mass is 392 g/mol. The molecule has 1 aliphatic rings. The second-order valence-corrected chi connectivity index (χ2v) is 7.35. The number of nitrogens with one attached hydrogen (secondary N) is 1. The van der Waals surface area contributed by atoms with Gasteiger partial charge >= 0.3 is 11.9 Å². The maximum atomic E-state index is 12.1. The number of hydrogen-bond donors (Lipinski definition) is 1. The van der Waals surface area contributed by atoms with Gasteiger partial charge in [-0.2, -0.15) is 0 Å². The molecule has 0 radical (unpaired) electrons. The fraction of sp³-hybridized carbons (Fsp3) is 0.227. The van der Waals surface area contributed by atoms with Crippen LogP contribution in [0.3, 0.4) is 0 Å². The van der Waals surface area contributed by atoms with E-state index in [1.54, 1.807) is 0 Å². The number of anilines is 1. The fourth-order valence-electron chi connectivity index (χ4n) is 3.10. The number of esters is 2. The van der Waals surface area contributed by atoms with Crippen molar-refractivity contribution in [3.8, 4) is 11.5 Å². The molecule has 1 fully saturated rings. The van der Waals surface area contributed by atoms with Crippen LogP contribution in [0.25, 0.3) is 22.6 Å². The summed E-state index contributed by atoms with van der Waals surface area (Å²) in [6, 6.07) is 11.4. The quantitative estimate of drug-likeness (QED) is 0.405. The highest BCUT2D eigenvalue weighted by molar-refractivity contribution is 6.15. The fourth-order valence-corrected chi connectivity index (χ4v) is 3.10. The van der Waals surface area contributed by atoms with Crippen LogP contribution >= 0.6 is 0 Å². The Kier molecular flexibility index (Phi) is 4.38. The predicted octanol–water partition coefficient (Wildman–Crippen LogP) is 4.24. The molecular formula is C22H20N2O5. The summed E-state index contributed by atoms with van der Waals surface area (Å²) in [5.41, 5.74) is 4.74. The van der Waals surface area contributed by atoms with Crippen LogP contribution in [0, 0.1) is 13.8 Å². The molecule has 7 nitrogen and oxygen atoms in total. The van der Waals surface area contributed by atoms with Crippen LogP contribution in [-0.2, 0) is 19.1 Å². The number of cyclic esters (lactones) is 2. The minimum Gasteiger partial charge on any atom is -0.436 e. The summed E-state index contributed by atoms with van der Waals surface area (Å²) in [4.78, 5) is 28.7. The largest absolute Gasteiger partial charge is 0.436 e. The number of aromatic nitrogens is 1. The summed E-state index contributed by atoms with van der Waals surface area (Å²) < 4.78 is 16.1. The molecule has 0 atom stereocenters. The normalized spacial score (nSPS) is 15.8. The van der Waals surface area contributed by atoms with Gasteiger partial charge in [0.2, 0.25) is 5.89 Å². The van der Waals surface area contributed by atoms with Crippen LogP contribution in [-0.4, -0.2) is 22.7 Å². The van der Waals surface area contributed by atoms with E-state index in [0.29, 0.717) is 17.2 Å². The Labute approximate surface area is 167 Å². The third kappa shape index (κ3) is 3.59. The van der Waals surface area contributed by atoms with Crippen molar-refractivity contribution >= 4 is 28.7 Å². The minimum absolute atomic E-state index is 0.202. The zero-order valence-corrected chi connectivity index (χ0v) is 16.5. The lowest BCUT2D eigenvalue weighted by Gasteiger charge is -2.29. The maximum absolute atomic E-state index is 12.1. The first-order valence-electron chi connectivity index (χ1n) is 9.14. The molecule has 1 N–H and O–H groups in total. The highest BCUT2D eigenvalue weighted by atomic mass is 16.7. The van der Waals surface area contributed by atoms with E-state index >= 15 is 0 Å². The number of carbonyl (C=O) groups excluding carboxylic acids is 2. The molecule has 2 aromatic carbocycles. The number of ether oxygens (including phenoxy) is 2. The van der Waals surface area contributed by atoms with Crippen LogP contribution in [0.15, 0.2) is 52.6 Å². The van der Waals surface area contributed by atoms with Gasteiger partial charge < -0.3 is 19.2 Å². The average molecular weight is 392 g/mol. The zero-order chi connectivity index (χ0) is 20.8. The molecule has 0 spiro atoms. The molecule has 4 rings (SSSR count). The van der Waals surface area contributed by atoms with Crippen molar-refractivity contribution in [3.05, 3.63) is 59.3 Å². The third-order valence-electron chi connectivity index (χ3n) is 4.60. The summed E-state index contributed by atoms with van der Waals surface area (Å²) in [6.45, 7) is 6.90. The molecule has 0 aliphatic carbocycles. The van der Waals surface area contributed by atoms with Gasteiger partial charge in [-0.15, -0.1) is 0 Å². The lowest BCUT2D eigenvalue weighted by atomic mass is 10.1. The number of oxazole rings is 1. The second-order valence-electron chi connectivity index (χ2n) is 7.35. The molecule has 29 heavy (non-hydrogen) atoms. The van der Waals surface area contributed by atoms with Gasteiger partial charge in [-0.1, -0.05) is 12.1 Å². The van der Waals surface area contributed by atoms with Gasteiger partial charge in [-0.3, -0.25) is 0 Å². The van der Waals surface area contributed by atoms with Gasteiger partial charge in [0.1, 0.15) is 5.52 Å². The van der Waals surface area contributed by atoms with Gasteiger partial charge in [0.05, 0.1) is 0 Å². The van der Waals surface area contributed by atoms with E-state index in [1.807, 2.05) is 50.2 Å². The molecule has 148 valence electrons. The Morgan fingerprint density at radius 1 is 1.03 bits per heavy atom. The number of hydrogen-bond acceptors (Lipinski definition) is 7. The SMILES string of the molecule is Cc1ccc2oc(-c3cccc(NC=C4C(=O)OC(C)(C)OC4=O)c3C)nc2c1. The van der Waals surface area contributed by atoms with Gasteiger partial charge in [-0.25, -0.2) is 14.6 Å². The van der Waals surface area contributed by atoms with Crippen LogP contribution in [0.2, 0.25) is 0 Å². The molecule has 1 aromatic heterocycles. The summed E-state index contributed by atoms with van der Waals surface area (Å²) >= 11 is 0. The van der Waals surface area contributed by atoms with Crippen molar-refractivity contribution in [2.24, 2.45) is 0 Å². The lowest BCUT2D eigenvalue weighted by molar-refractivity contribution is -0.222. The number of nitrogens with zero attached hydrogens (tertiary/aromatic N) is 1. The number of aryl methyl sites for hydroxylation is 1. The van der Waals surface area contributed by atoms with Crippen molar-refractivity contribution in [1.29, 1.82) is 0 Å². The van der Waals surface area contributed by atoms with Crippen molar-refractivity contribution in [2.75, 3.05) is 5.32 Å². The summed E-state index contributed by atoms with van der Waals surface area (Å²) in [6.07, 6.45) is 1.29. The standard InChI is InChI=1S/C22H20N2O5/c1-12-8-9-18-17(10-12)24-19(27-18)14-6-5-7-16(13(14)2)23-11-15-20(25)28-22(3,4)29-21(15)26/h5-11,23H,1-4H3. The Bertz CT molecular complexity index is 1150. The van der Waals surface area contributed by atoms with E-state index in [0.717, 1.165) is 22.2 Å². The van der Waals surface area contributed by atoms with E-state index in [1.165, 1.54) is 20.0 Å². The molecular weight excluding hydrogens is 372 g/mol. The van der Waals surface area contributed by atoms with Crippen LogP contribution < -0.4 is 5.32 Å². The van der Waals surface area contributed by atoms with E-state index in [-0.39, 0.29) is 5.57 Å². The molecule has 0 bridgehead atoms. The summed E-state index contributed by atoms with van der Waals surface area (Å²) in [5.74, 6) is -2.24. The first kappa shape index (κ1) is 18.7. The molecule has 0 unspecified atom stereocenters. The first-order chi connectivity index (χ1) is 13.7. The smallest absolute Gasteiger partial charge is 0.350 e. The van der Waals surface area contributed by atoms with Crippen molar-refractivity contribution in [1.82, 2.24) is 4.98 Å². The number of rotatable bonds is 3. The van der Waals surface area contributed by atoms with Crippen LogP contribution in [0.5, 0.6) is 0 Å². The van der Waals surface area contributed by atoms with E-state index in [4.69, 9.17) is 13.9 Å². The summed E-state index contributed by atoms with van der Waals surface area (Å²) in [7, 11) is 0. The van der Waals surface area contributed by atoms with E-state index in [9.17, 15) is 9.59 Å².